The molecule has 0 aromatic heterocycles. The quantitative estimate of drug-likeness (QED) is 0.771. The van der Waals surface area contributed by atoms with Gasteiger partial charge in [-0.3, -0.25) is 4.79 Å². The van der Waals surface area contributed by atoms with E-state index < -0.39 is 0 Å². The number of anilines is 1. The van der Waals surface area contributed by atoms with Gasteiger partial charge in [0.1, 0.15) is 0 Å². The number of rotatable bonds is 4. The minimum atomic E-state index is -0.119. The third-order valence-corrected chi connectivity index (χ3v) is 3.65. The smallest absolute Gasteiger partial charge is 0.256 e. The molecule has 1 amide bonds. The maximum atomic E-state index is 12.5. The molecule has 0 spiro atoms. The van der Waals surface area contributed by atoms with Crippen LogP contribution in [0.3, 0.4) is 0 Å². The molecule has 3 heteroatoms. The van der Waals surface area contributed by atoms with E-state index in [-0.39, 0.29) is 12.5 Å². The highest BCUT2D eigenvalue weighted by atomic mass is 16.2. The first-order valence-corrected chi connectivity index (χ1v) is 7.27. The van der Waals surface area contributed by atoms with Crippen molar-refractivity contribution in [2.75, 3.05) is 11.9 Å². The number of aliphatic hydroxyl groups excluding tert-OH is 1. The van der Waals surface area contributed by atoms with Gasteiger partial charge in [-0.2, -0.15) is 0 Å². The average molecular weight is 291 g/mol. The van der Waals surface area contributed by atoms with Gasteiger partial charge in [0, 0.05) is 17.9 Å². The fraction of sp³-hybridized carbons (Fsp3) is 0.105. The lowest BCUT2D eigenvalue weighted by Crippen LogP contribution is -2.12. The van der Waals surface area contributed by atoms with Gasteiger partial charge in [-0.05, 0) is 41.0 Å². The van der Waals surface area contributed by atoms with Crippen molar-refractivity contribution in [3.63, 3.8) is 0 Å². The number of carbonyl (C=O) groups is 1. The molecular formula is C19H17NO2. The Morgan fingerprint density at radius 1 is 0.909 bits per heavy atom. The van der Waals surface area contributed by atoms with Crippen LogP contribution in [0.15, 0.2) is 66.7 Å². The molecule has 0 fully saturated rings. The molecule has 22 heavy (non-hydrogen) atoms. The van der Waals surface area contributed by atoms with Crippen LogP contribution in [0.2, 0.25) is 0 Å². The normalized spacial score (nSPS) is 10.6. The van der Waals surface area contributed by atoms with Gasteiger partial charge in [-0.15, -0.1) is 0 Å². The number of nitrogens with one attached hydrogen (secondary N) is 1. The van der Waals surface area contributed by atoms with E-state index in [2.05, 4.69) is 5.32 Å². The number of aliphatic hydroxyl groups is 1. The van der Waals surface area contributed by atoms with Crippen molar-refractivity contribution in [1.29, 1.82) is 0 Å². The molecule has 3 nitrogen and oxygen atoms in total. The molecule has 0 saturated heterocycles. The minimum Gasteiger partial charge on any atom is -0.396 e. The van der Waals surface area contributed by atoms with Crippen LogP contribution in [-0.4, -0.2) is 17.6 Å². The van der Waals surface area contributed by atoms with E-state index >= 15 is 0 Å². The van der Waals surface area contributed by atoms with Crippen molar-refractivity contribution in [1.82, 2.24) is 0 Å². The summed E-state index contributed by atoms with van der Waals surface area (Å²) in [4.78, 5) is 12.5. The number of amides is 1. The van der Waals surface area contributed by atoms with Crippen molar-refractivity contribution in [2.24, 2.45) is 0 Å². The second-order valence-electron chi connectivity index (χ2n) is 5.15. The molecule has 0 radical (unpaired) electrons. The standard InChI is InChI=1S/C19H17NO2/c21-13-12-14-8-10-16(11-9-14)20-19(22)18-7-3-5-15-4-1-2-6-17(15)18/h1-11,21H,12-13H2,(H,20,22). The summed E-state index contributed by atoms with van der Waals surface area (Å²) < 4.78 is 0. The van der Waals surface area contributed by atoms with Crippen LogP contribution in [0.1, 0.15) is 15.9 Å². The van der Waals surface area contributed by atoms with Gasteiger partial charge >= 0.3 is 0 Å². The number of hydrogen-bond acceptors (Lipinski definition) is 2. The Morgan fingerprint density at radius 2 is 1.64 bits per heavy atom. The summed E-state index contributed by atoms with van der Waals surface area (Å²) in [5, 5.41) is 13.8. The van der Waals surface area contributed by atoms with Crippen molar-refractivity contribution in [2.45, 2.75) is 6.42 Å². The molecule has 0 aliphatic heterocycles. The molecule has 0 saturated carbocycles. The Balaban J connectivity index is 1.84. The van der Waals surface area contributed by atoms with Gasteiger partial charge < -0.3 is 10.4 Å². The first-order chi connectivity index (χ1) is 10.8. The predicted octanol–water partition coefficient (Wildman–Crippen LogP) is 3.63. The van der Waals surface area contributed by atoms with Crippen LogP contribution in [0, 0.1) is 0 Å². The monoisotopic (exact) mass is 291 g/mol. The fourth-order valence-corrected chi connectivity index (χ4v) is 2.51. The summed E-state index contributed by atoms with van der Waals surface area (Å²) in [5.74, 6) is -0.119. The van der Waals surface area contributed by atoms with E-state index in [1.165, 1.54) is 0 Å². The summed E-state index contributed by atoms with van der Waals surface area (Å²) >= 11 is 0. The number of benzene rings is 3. The first kappa shape index (κ1) is 14.3. The van der Waals surface area contributed by atoms with Gasteiger partial charge in [-0.1, -0.05) is 48.5 Å². The first-order valence-electron chi connectivity index (χ1n) is 7.27. The molecular weight excluding hydrogens is 274 g/mol. The van der Waals surface area contributed by atoms with E-state index in [4.69, 9.17) is 5.11 Å². The Morgan fingerprint density at radius 3 is 2.41 bits per heavy atom. The van der Waals surface area contributed by atoms with Gasteiger partial charge in [-0.25, -0.2) is 0 Å². The predicted molar refractivity (Wildman–Crippen MR) is 89.1 cm³/mol. The second-order valence-corrected chi connectivity index (χ2v) is 5.15. The SMILES string of the molecule is O=C(Nc1ccc(CCO)cc1)c1cccc2ccccc12. The zero-order valence-corrected chi connectivity index (χ0v) is 12.1. The Kier molecular flexibility index (Phi) is 4.17. The lowest BCUT2D eigenvalue weighted by molar-refractivity contribution is 0.102. The third-order valence-electron chi connectivity index (χ3n) is 3.65. The average Bonchev–Trinajstić information content (AvgIpc) is 2.56. The molecule has 0 aliphatic rings. The van der Waals surface area contributed by atoms with Gasteiger partial charge in [0.25, 0.3) is 5.91 Å². The largest absolute Gasteiger partial charge is 0.396 e. The lowest BCUT2D eigenvalue weighted by atomic mass is 10.0. The molecule has 0 unspecified atom stereocenters. The Labute approximate surface area is 129 Å². The Bertz CT molecular complexity index is 789. The van der Waals surface area contributed by atoms with E-state index in [1.54, 1.807) is 0 Å². The van der Waals surface area contributed by atoms with E-state index in [0.717, 1.165) is 22.0 Å². The zero-order chi connectivity index (χ0) is 15.4. The fourth-order valence-electron chi connectivity index (χ4n) is 2.51. The van der Waals surface area contributed by atoms with E-state index in [1.807, 2.05) is 66.7 Å². The van der Waals surface area contributed by atoms with Crippen molar-refractivity contribution in [3.05, 3.63) is 77.9 Å². The highest BCUT2D eigenvalue weighted by molar-refractivity contribution is 6.12. The summed E-state index contributed by atoms with van der Waals surface area (Å²) in [6, 6.07) is 21.1. The second kappa shape index (κ2) is 6.41. The van der Waals surface area contributed by atoms with Crippen molar-refractivity contribution >= 4 is 22.4 Å². The molecule has 0 aliphatic carbocycles. The van der Waals surface area contributed by atoms with Crippen LogP contribution in [0.25, 0.3) is 10.8 Å². The molecule has 2 N–H and O–H groups in total. The molecule has 0 heterocycles. The van der Waals surface area contributed by atoms with Crippen LogP contribution in [0.5, 0.6) is 0 Å². The van der Waals surface area contributed by atoms with E-state index in [9.17, 15) is 4.79 Å². The van der Waals surface area contributed by atoms with Crippen LogP contribution >= 0.6 is 0 Å². The maximum Gasteiger partial charge on any atom is 0.256 e. The van der Waals surface area contributed by atoms with Gasteiger partial charge in [0.2, 0.25) is 0 Å². The third kappa shape index (κ3) is 3.00. The molecule has 0 atom stereocenters. The van der Waals surface area contributed by atoms with Gasteiger partial charge in [0.15, 0.2) is 0 Å². The van der Waals surface area contributed by atoms with Crippen molar-refractivity contribution < 1.29 is 9.90 Å². The summed E-state index contributed by atoms with van der Waals surface area (Å²) in [7, 11) is 0. The summed E-state index contributed by atoms with van der Waals surface area (Å²) in [6.45, 7) is 0.127. The lowest BCUT2D eigenvalue weighted by Gasteiger charge is -2.09. The summed E-state index contributed by atoms with van der Waals surface area (Å²) in [5.41, 5.74) is 2.46. The van der Waals surface area contributed by atoms with Crippen LogP contribution in [0.4, 0.5) is 5.69 Å². The zero-order valence-electron chi connectivity index (χ0n) is 12.1. The van der Waals surface area contributed by atoms with Crippen LogP contribution in [-0.2, 0) is 6.42 Å². The van der Waals surface area contributed by atoms with E-state index in [0.29, 0.717) is 12.0 Å². The topological polar surface area (TPSA) is 49.3 Å². The number of fused-ring (bicyclic) bond motifs is 1. The van der Waals surface area contributed by atoms with Crippen molar-refractivity contribution in [3.8, 4) is 0 Å². The minimum absolute atomic E-state index is 0.119. The molecule has 0 bridgehead atoms. The molecule has 3 aromatic carbocycles. The molecule has 3 rings (SSSR count). The molecule has 110 valence electrons. The highest BCUT2D eigenvalue weighted by Gasteiger charge is 2.09. The number of carbonyl (C=O) groups excluding carboxylic acids is 1. The number of hydrogen-bond donors (Lipinski definition) is 2. The maximum absolute atomic E-state index is 12.5. The van der Waals surface area contributed by atoms with Gasteiger partial charge in [0.05, 0.1) is 0 Å². The van der Waals surface area contributed by atoms with Crippen LogP contribution < -0.4 is 5.32 Å². The molecule has 3 aromatic rings. The highest BCUT2D eigenvalue weighted by Crippen LogP contribution is 2.20. The summed E-state index contributed by atoms with van der Waals surface area (Å²) in [6.07, 6.45) is 0.623. The Hall–Kier alpha value is -2.65.